The predicted octanol–water partition coefficient (Wildman–Crippen LogP) is 3.32. The van der Waals surface area contributed by atoms with E-state index in [4.69, 9.17) is 11.6 Å². The second kappa shape index (κ2) is 6.26. The van der Waals surface area contributed by atoms with E-state index >= 15 is 0 Å². The van der Waals surface area contributed by atoms with Crippen LogP contribution < -0.4 is 0 Å². The number of carbonyl (C=O) groups is 1. The van der Waals surface area contributed by atoms with E-state index in [1.54, 1.807) is 22.9 Å². The van der Waals surface area contributed by atoms with Gasteiger partial charge in [0, 0.05) is 30.9 Å². The molecule has 2 rings (SSSR count). The van der Waals surface area contributed by atoms with E-state index in [2.05, 4.69) is 4.98 Å². The van der Waals surface area contributed by atoms with Gasteiger partial charge < -0.3 is 4.90 Å². The van der Waals surface area contributed by atoms with E-state index < -0.39 is 0 Å². The molecule has 2 aromatic rings. The number of pyridine rings is 1. The van der Waals surface area contributed by atoms with E-state index in [-0.39, 0.29) is 5.91 Å². The van der Waals surface area contributed by atoms with Crippen molar-refractivity contribution >= 4 is 40.0 Å². The zero-order valence-corrected chi connectivity index (χ0v) is 12.5. The highest BCUT2D eigenvalue weighted by Gasteiger charge is 2.16. The van der Waals surface area contributed by atoms with Crippen LogP contribution in [0.2, 0.25) is 5.15 Å². The van der Waals surface area contributed by atoms with Crippen LogP contribution >= 0.6 is 23.4 Å². The van der Waals surface area contributed by atoms with Gasteiger partial charge in [-0.05, 0) is 11.6 Å². The maximum atomic E-state index is 12.4. The van der Waals surface area contributed by atoms with Crippen molar-refractivity contribution in [2.24, 2.45) is 0 Å². The minimum absolute atomic E-state index is 0.0191. The average Bonchev–Trinajstić information content (AvgIpc) is 2.45. The molecule has 0 saturated carbocycles. The van der Waals surface area contributed by atoms with Gasteiger partial charge in [0.05, 0.1) is 5.56 Å². The minimum atomic E-state index is -0.0191. The normalized spacial score (nSPS) is 10.7. The first-order valence-electron chi connectivity index (χ1n) is 5.92. The highest BCUT2D eigenvalue weighted by atomic mass is 35.5. The molecule has 1 aromatic heterocycles. The first-order chi connectivity index (χ1) is 9.15. The Morgan fingerprint density at radius 2 is 2.05 bits per heavy atom. The Labute approximate surface area is 122 Å². The molecule has 0 atom stereocenters. The maximum Gasteiger partial charge on any atom is 0.255 e. The second-order valence-electron chi connectivity index (χ2n) is 4.23. The standard InChI is InChI=1S/C14H15ClN2OS/c1-17(7-8-19-2)14(18)12-9-16-13(15)11-6-4-3-5-10(11)12/h3-6,9H,7-8H2,1-2H3. The van der Waals surface area contributed by atoms with Crippen LogP contribution in [0.4, 0.5) is 0 Å². The molecule has 100 valence electrons. The molecule has 0 saturated heterocycles. The molecule has 5 heteroatoms. The molecule has 1 heterocycles. The molecule has 0 aliphatic carbocycles. The molecule has 0 radical (unpaired) electrons. The van der Waals surface area contributed by atoms with Crippen LogP contribution in [-0.4, -0.2) is 41.4 Å². The smallest absolute Gasteiger partial charge is 0.255 e. The summed E-state index contributed by atoms with van der Waals surface area (Å²) in [5.74, 6) is 0.899. The molecule has 0 bridgehead atoms. The molecule has 19 heavy (non-hydrogen) atoms. The van der Waals surface area contributed by atoms with Crippen molar-refractivity contribution in [1.82, 2.24) is 9.88 Å². The van der Waals surface area contributed by atoms with Crippen LogP contribution in [0.5, 0.6) is 0 Å². The molecule has 0 aliphatic rings. The van der Waals surface area contributed by atoms with Crippen molar-refractivity contribution in [3.05, 3.63) is 41.2 Å². The molecule has 0 fully saturated rings. The Bertz CT molecular complexity index is 603. The third kappa shape index (κ3) is 3.01. The van der Waals surface area contributed by atoms with Gasteiger partial charge in [0.1, 0.15) is 5.15 Å². The summed E-state index contributed by atoms with van der Waals surface area (Å²) in [6.07, 6.45) is 3.58. The Hall–Kier alpha value is -1.26. The number of fused-ring (bicyclic) bond motifs is 1. The van der Waals surface area contributed by atoms with Crippen molar-refractivity contribution in [2.45, 2.75) is 0 Å². The summed E-state index contributed by atoms with van der Waals surface area (Å²) in [4.78, 5) is 18.2. The van der Waals surface area contributed by atoms with Gasteiger partial charge in [-0.25, -0.2) is 4.98 Å². The molecule has 1 amide bonds. The molecular formula is C14H15ClN2OS. The van der Waals surface area contributed by atoms with Crippen molar-refractivity contribution in [3.8, 4) is 0 Å². The molecule has 0 N–H and O–H groups in total. The van der Waals surface area contributed by atoms with Crippen LogP contribution in [0.3, 0.4) is 0 Å². The quantitative estimate of drug-likeness (QED) is 0.811. The van der Waals surface area contributed by atoms with Gasteiger partial charge in [0.15, 0.2) is 0 Å². The number of thioether (sulfide) groups is 1. The lowest BCUT2D eigenvalue weighted by molar-refractivity contribution is 0.0805. The first-order valence-corrected chi connectivity index (χ1v) is 7.70. The summed E-state index contributed by atoms with van der Waals surface area (Å²) in [5.41, 5.74) is 0.601. The highest BCUT2D eigenvalue weighted by Crippen LogP contribution is 2.24. The second-order valence-corrected chi connectivity index (χ2v) is 5.57. The predicted molar refractivity (Wildman–Crippen MR) is 82.1 cm³/mol. The highest BCUT2D eigenvalue weighted by molar-refractivity contribution is 7.98. The Balaban J connectivity index is 2.40. The van der Waals surface area contributed by atoms with Crippen LogP contribution in [-0.2, 0) is 0 Å². The zero-order chi connectivity index (χ0) is 13.8. The fraction of sp³-hybridized carbons (Fsp3) is 0.286. The summed E-state index contributed by atoms with van der Waals surface area (Å²) in [6.45, 7) is 0.719. The summed E-state index contributed by atoms with van der Waals surface area (Å²) >= 11 is 7.78. The average molecular weight is 295 g/mol. The first kappa shape index (κ1) is 14.2. The number of aromatic nitrogens is 1. The summed E-state index contributed by atoms with van der Waals surface area (Å²) in [5, 5.41) is 2.09. The third-order valence-electron chi connectivity index (χ3n) is 2.95. The fourth-order valence-corrected chi connectivity index (χ4v) is 2.53. The summed E-state index contributed by atoms with van der Waals surface area (Å²) < 4.78 is 0. The maximum absolute atomic E-state index is 12.4. The Morgan fingerprint density at radius 3 is 2.74 bits per heavy atom. The van der Waals surface area contributed by atoms with Crippen molar-refractivity contribution in [1.29, 1.82) is 0 Å². The number of amides is 1. The summed E-state index contributed by atoms with van der Waals surface area (Å²) in [6, 6.07) is 7.57. The molecule has 0 spiro atoms. The van der Waals surface area contributed by atoms with Gasteiger partial charge in [-0.2, -0.15) is 11.8 Å². The Morgan fingerprint density at radius 1 is 1.37 bits per heavy atom. The topological polar surface area (TPSA) is 33.2 Å². The fourth-order valence-electron chi connectivity index (χ4n) is 1.86. The van der Waals surface area contributed by atoms with Crippen LogP contribution in [0.15, 0.2) is 30.5 Å². The number of nitrogens with zero attached hydrogens (tertiary/aromatic N) is 2. The van der Waals surface area contributed by atoms with E-state index in [1.165, 1.54) is 0 Å². The number of hydrogen-bond donors (Lipinski definition) is 0. The number of halogens is 1. The largest absolute Gasteiger partial charge is 0.341 e. The number of benzene rings is 1. The van der Waals surface area contributed by atoms with E-state index in [0.717, 1.165) is 23.1 Å². The van der Waals surface area contributed by atoms with Crippen molar-refractivity contribution in [2.75, 3.05) is 25.6 Å². The van der Waals surface area contributed by atoms with Gasteiger partial charge in [-0.15, -0.1) is 0 Å². The lowest BCUT2D eigenvalue weighted by Gasteiger charge is -2.17. The third-order valence-corrected chi connectivity index (χ3v) is 3.85. The lowest BCUT2D eigenvalue weighted by atomic mass is 10.1. The van der Waals surface area contributed by atoms with Gasteiger partial charge in [-0.3, -0.25) is 4.79 Å². The van der Waals surface area contributed by atoms with Gasteiger partial charge in [-0.1, -0.05) is 35.9 Å². The molecule has 1 aromatic carbocycles. The molecule has 3 nitrogen and oxygen atoms in total. The number of hydrogen-bond acceptors (Lipinski definition) is 3. The number of carbonyl (C=O) groups excluding carboxylic acids is 1. The monoisotopic (exact) mass is 294 g/mol. The van der Waals surface area contributed by atoms with Gasteiger partial charge in [0.25, 0.3) is 5.91 Å². The SMILES string of the molecule is CSCCN(C)C(=O)c1cnc(Cl)c2ccccc12. The van der Waals surface area contributed by atoms with Gasteiger partial charge >= 0.3 is 0 Å². The van der Waals surface area contributed by atoms with E-state index in [1.807, 2.05) is 37.6 Å². The molecule has 0 aliphatic heterocycles. The van der Waals surface area contributed by atoms with Crippen molar-refractivity contribution < 1.29 is 4.79 Å². The molecular weight excluding hydrogens is 280 g/mol. The minimum Gasteiger partial charge on any atom is -0.341 e. The molecule has 0 unspecified atom stereocenters. The lowest BCUT2D eigenvalue weighted by Crippen LogP contribution is -2.29. The van der Waals surface area contributed by atoms with E-state index in [9.17, 15) is 4.79 Å². The number of rotatable bonds is 4. The van der Waals surface area contributed by atoms with E-state index in [0.29, 0.717) is 10.7 Å². The zero-order valence-electron chi connectivity index (χ0n) is 10.9. The Kier molecular flexibility index (Phi) is 4.66. The van der Waals surface area contributed by atoms with Gasteiger partial charge in [0.2, 0.25) is 0 Å². The van der Waals surface area contributed by atoms with Crippen LogP contribution in [0, 0.1) is 0 Å². The van der Waals surface area contributed by atoms with Crippen LogP contribution in [0.25, 0.3) is 10.8 Å². The van der Waals surface area contributed by atoms with Crippen LogP contribution in [0.1, 0.15) is 10.4 Å². The van der Waals surface area contributed by atoms with Crippen molar-refractivity contribution in [3.63, 3.8) is 0 Å². The summed E-state index contributed by atoms with van der Waals surface area (Å²) in [7, 11) is 1.81.